The number of rotatable bonds is 4. The highest BCUT2D eigenvalue weighted by atomic mass is 32.2. The van der Waals surface area contributed by atoms with Crippen LogP contribution >= 0.6 is 0 Å². The molecule has 0 aliphatic carbocycles. The van der Waals surface area contributed by atoms with Crippen LogP contribution in [0.2, 0.25) is 0 Å². The third-order valence-electron chi connectivity index (χ3n) is 4.08. The number of amides is 2. The van der Waals surface area contributed by atoms with E-state index in [9.17, 15) is 26.4 Å². The van der Waals surface area contributed by atoms with Crippen LogP contribution in [-0.4, -0.2) is 39.7 Å². The van der Waals surface area contributed by atoms with Crippen molar-refractivity contribution >= 4 is 32.7 Å². The fraction of sp³-hybridized carbons (Fsp3) is 0.250. The number of primary amides is 1. The molecule has 0 bridgehead atoms. The van der Waals surface area contributed by atoms with Gasteiger partial charge >= 0.3 is 12.2 Å². The molecule has 2 amide bonds. The van der Waals surface area contributed by atoms with Gasteiger partial charge in [0.05, 0.1) is 28.1 Å². The Balaban J connectivity index is 2.25. The van der Waals surface area contributed by atoms with Gasteiger partial charge in [0.25, 0.3) is 0 Å². The van der Waals surface area contributed by atoms with Gasteiger partial charge in [-0.3, -0.25) is 0 Å². The summed E-state index contributed by atoms with van der Waals surface area (Å²) in [5.74, 6) is -0.272. The van der Waals surface area contributed by atoms with Gasteiger partial charge in [0.1, 0.15) is 11.2 Å². The van der Waals surface area contributed by atoms with Crippen molar-refractivity contribution in [2.45, 2.75) is 18.0 Å². The van der Waals surface area contributed by atoms with Crippen molar-refractivity contribution in [2.75, 3.05) is 11.1 Å². The number of imidazole rings is 1. The molecule has 3 aromatic rings. The van der Waals surface area contributed by atoms with E-state index in [-0.39, 0.29) is 39.0 Å². The van der Waals surface area contributed by atoms with Crippen molar-refractivity contribution in [2.24, 2.45) is 12.8 Å². The number of hydrogen-bond acceptors (Lipinski definition) is 6. The lowest BCUT2D eigenvalue weighted by Crippen LogP contribution is -2.20. The number of nitrogens with two attached hydrogens (primary N) is 1. The average molecular weight is 428 g/mol. The number of nitrogens with one attached hydrogen (secondary N) is 1. The smallest absolute Gasteiger partial charge is 0.351 e. The number of aryl methyl sites for hydroxylation is 1. The third kappa shape index (κ3) is 3.85. The Morgan fingerprint density at radius 1 is 1.24 bits per heavy atom. The summed E-state index contributed by atoms with van der Waals surface area (Å²) in [5.41, 5.74) is 4.07. The molecule has 0 spiro atoms. The first-order chi connectivity index (χ1) is 13.4. The molecule has 0 aromatic carbocycles. The van der Waals surface area contributed by atoms with Crippen molar-refractivity contribution in [1.29, 1.82) is 0 Å². The van der Waals surface area contributed by atoms with E-state index in [0.717, 1.165) is 6.07 Å². The zero-order valence-electron chi connectivity index (χ0n) is 15.1. The van der Waals surface area contributed by atoms with Crippen LogP contribution in [0.25, 0.3) is 22.7 Å². The fourth-order valence-electron chi connectivity index (χ4n) is 2.66. The molecule has 154 valence electrons. The minimum atomic E-state index is -4.60. The molecule has 3 N–H and O–H groups in total. The molecule has 0 saturated heterocycles. The number of aromatic nitrogens is 4. The number of carbonyl (C=O) groups is 1. The van der Waals surface area contributed by atoms with E-state index in [1.807, 2.05) is 0 Å². The number of carbonyl (C=O) groups excluding carboxylic acids is 1. The van der Waals surface area contributed by atoms with Crippen LogP contribution < -0.4 is 11.1 Å². The number of nitrogens with zero attached hydrogens (tertiary/aromatic N) is 4. The second-order valence-electron chi connectivity index (χ2n) is 6.02. The van der Waals surface area contributed by atoms with Gasteiger partial charge < -0.3 is 15.6 Å². The molecule has 0 unspecified atom stereocenters. The molecule has 0 atom stereocenters. The van der Waals surface area contributed by atoms with Crippen LogP contribution in [0.1, 0.15) is 12.5 Å². The Morgan fingerprint density at radius 3 is 2.52 bits per heavy atom. The molecule has 29 heavy (non-hydrogen) atoms. The molecule has 13 heteroatoms. The van der Waals surface area contributed by atoms with Gasteiger partial charge in [-0.25, -0.2) is 28.2 Å². The summed E-state index contributed by atoms with van der Waals surface area (Å²) in [6, 6.07) is 1.08. The molecule has 0 fully saturated rings. The largest absolute Gasteiger partial charge is 0.417 e. The molecule has 0 saturated carbocycles. The molecular weight excluding hydrogens is 413 g/mol. The van der Waals surface area contributed by atoms with Crippen molar-refractivity contribution in [1.82, 2.24) is 19.5 Å². The highest BCUT2D eigenvalue weighted by Crippen LogP contribution is 2.33. The SMILES string of the molecule is CCS(=O)(=O)c1cc(NC(N)=O)cnc1-c1nc2cc(C(F)(F)F)cnc2n1C. The molecule has 3 rings (SSSR count). The molecular formula is C16H15F3N6O3S. The Labute approximate surface area is 162 Å². The minimum absolute atomic E-state index is 0.00414. The van der Waals surface area contributed by atoms with Crippen molar-refractivity contribution in [3.8, 4) is 11.5 Å². The molecule has 0 aliphatic rings. The zero-order chi connectivity index (χ0) is 21.6. The second kappa shape index (κ2) is 6.99. The summed E-state index contributed by atoms with van der Waals surface area (Å²) >= 11 is 0. The molecule has 9 nitrogen and oxygen atoms in total. The van der Waals surface area contributed by atoms with E-state index in [4.69, 9.17) is 5.73 Å². The Bertz CT molecular complexity index is 1220. The maximum absolute atomic E-state index is 12.9. The number of halogens is 3. The minimum Gasteiger partial charge on any atom is -0.351 e. The lowest BCUT2D eigenvalue weighted by Gasteiger charge is -2.11. The van der Waals surface area contributed by atoms with E-state index in [1.54, 1.807) is 0 Å². The number of urea groups is 1. The third-order valence-corrected chi connectivity index (χ3v) is 5.82. The van der Waals surface area contributed by atoms with Gasteiger partial charge in [-0.15, -0.1) is 0 Å². The number of hydrogen-bond donors (Lipinski definition) is 2. The number of fused-ring (bicyclic) bond motifs is 1. The van der Waals surface area contributed by atoms with E-state index in [0.29, 0.717) is 6.20 Å². The fourth-order valence-corrected chi connectivity index (χ4v) is 3.71. The number of pyridine rings is 2. The van der Waals surface area contributed by atoms with Crippen molar-refractivity contribution < 1.29 is 26.4 Å². The maximum Gasteiger partial charge on any atom is 0.417 e. The lowest BCUT2D eigenvalue weighted by atomic mass is 10.2. The highest BCUT2D eigenvalue weighted by Gasteiger charge is 2.32. The summed E-state index contributed by atoms with van der Waals surface area (Å²) < 4.78 is 65.3. The Hall–Kier alpha value is -3.22. The van der Waals surface area contributed by atoms with Crippen LogP contribution in [0.4, 0.5) is 23.7 Å². The zero-order valence-corrected chi connectivity index (χ0v) is 16.0. The van der Waals surface area contributed by atoms with Crippen LogP contribution in [0.15, 0.2) is 29.4 Å². The molecule has 0 radical (unpaired) electrons. The summed E-state index contributed by atoms with van der Waals surface area (Å²) in [7, 11) is -2.35. The van der Waals surface area contributed by atoms with E-state index in [1.165, 1.54) is 30.8 Å². The van der Waals surface area contributed by atoms with Crippen LogP contribution in [0.3, 0.4) is 0 Å². The van der Waals surface area contributed by atoms with Gasteiger partial charge in [-0.05, 0) is 12.1 Å². The summed E-state index contributed by atoms with van der Waals surface area (Å²) in [6.07, 6.45) is -2.76. The Morgan fingerprint density at radius 2 is 1.93 bits per heavy atom. The topological polar surface area (TPSA) is 133 Å². The maximum atomic E-state index is 12.9. The lowest BCUT2D eigenvalue weighted by molar-refractivity contribution is -0.137. The first-order valence-corrected chi connectivity index (χ1v) is 9.78. The van der Waals surface area contributed by atoms with Crippen molar-refractivity contribution in [3.05, 3.63) is 30.1 Å². The van der Waals surface area contributed by atoms with Gasteiger partial charge in [0.15, 0.2) is 21.3 Å². The standard InChI is InChI=1S/C16H15F3N6O3S/c1-3-29(27,28)11-5-9(23-15(20)26)7-21-12(11)14-24-10-4-8(16(17,18)19)6-22-13(10)25(14)2/h4-7H,3H2,1-2H3,(H3,20,23,26). The summed E-state index contributed by atoms with van der Waals surface area (Å²) in [6.45, 7) is 1.42. The summed E-state index contributed by atoms with van der Waals surface area (Å²) in [5, 5.41) is 2.23. The van der Waals surface area contributed by atoms with Crippen molar-refractivity contribution in [3.63, 3.8) is 0 Å². The first kappa shape index (κ1) is 20.5. The molecule has 3 heterocycles. The quantitative estimate of drug-likeness (QED) is 0.655. The van der Waals surface area contributed by atoms with E-state index in [2.05, 4.69) is 20.3 Å². The second-order valence-corrected chi connectivity index (χ2v) is 8.27. The van der Waals surface area contributed by atoms with E-state index < -0.39 is 27.6 Å². The molecule has 3 aromatic heterocycles. The Kier molecular flexibility index (Phi) is 4.94. The van der Waals surface area contributed by atoms with Crippen LogP contribution in [0.5, 0.6) is 0 Å². The van der Waals surface area contributed by atoms with Gasteiger partial charge in [0.2, 0.25) is 0 Å². The average Bonchev–Trinajstić information content (AvgIpc) is 2.96. The van der Waals surface area contributed by atoms with E-state index >= 15 is 0 Å². The predicted octanol–water partition coefficient (Wildman–Crippen LogP) is 2.33. The van der Waals surface area contributed by atoms with Crippen LogP contribution in [0, 0.1) is 0 Å². The van der Waals surface area contributed by atoms with Gasteiger partial charge in [0, 0.05) is 13.2 Å². The number of alkyl halides is 3. The summed E-state index contributed by atoms with van der Waals surface area (Å²) in [4.78, 5) is 22.8. The monoisotopic (exact) mass is 428 g/mol. The normalized spacial score (nSPS) is 12.3. The predicted molar refractivity (Wildman–Crippen MR) is 97.7 cm³/mol. The van der Waals surface area contributed by atoms with Crippen LogP contribution in [-0.2, 0) is 23.1 Å². The highest BCUT2D eigenvalue weighted by molar-refractivity contribution is 7.91. The van der Waals surface area contributed by atoms with Gasteiger partial charge in [-0.1, -0.05) is 6.92 Å². The van der Waals surface area contributed by atoms with Gasteiger partial charge in [-0.2, -0.15) is 13.2 Å². The number of sulfone groups is 1. The first-order valence-electron chi connectivity index (χ1n) is 8.13. The number of anilines is 1. The molecule has 0 aliphatic heterocycles.